The summed E-state index contributed by atoms with van der Waals surface area (Å²) < 4.78 is 5.39. The predicted molar refractivity (Wildman–Crippen MR) is 53.0 cm³/mol. The Kier molecular flexibility index (Phi) is 2.09. The predicted octanol–water partition coefficient (Wildman–Crippen LogP) is 1.67. The standard InChI is InChI=1S/C11H11NO/c1-2-6-12-10-3-4-11-9(8-10)5-7-13-11/h1,3-4,8,12H,5-7H2. The first-order valence-electron chi connectivity index (χ1n) is 4.33. The van der Waals surface area contributed by atoms with Crippen LogP contribution >= 0.6 is 0 Å². The first-order valence-corrected chi connectivity index (χ1v) is 4.33. The molecule has 1 aromatic rings. The summed E-state index contributed by atoms with van der Waals surface area (Å²) in [6.45, 7) is 1.37. The van der Waals surface area contributed by atoms with Crippen molar-refractivity contribution in [3.8, 4) is 18.1 Å². The lowest BCUT2D eigenvalue weighted by molar-refractivity contribution is 0.357. The monoisotopic (exact) mass is 173 g/mol. The number of hydrogen-bond donors (Lipinski definition) is 1. The molecule has 0 spiro atoms. The first kappa shape index (κ1) is 8.00. The van der Waals surface area contributed by atoms with Crippen LogP contribution < -0.4 is 10.1 Å². The van der Waals surface area contributed by atoms with Crippen molar-refractivity contribution >= 4 is 5.69 Å². The van der Waals surface area contributed by atoms with Gasteiger partial charge in [-0.05, 0) is 23.8 Å². The molecule has 1 aliphatic heterocycles. The van der Waals surface area contributed by atoms with Crippen LogP contribution in [-0.2, 0) is 6.42 Å². The van der Waals surface area contributed by atoms with Gasteiger partial charge in [0.1, 0.15) is 5.75 Å². The van der Waals surface area contributed by atoms with E-state index in [0.29, 0.717) is 6.54 Å². The molecule has 0 aromatic heterocycles. The molecule has 1 aliphatic rings. The van der Waals surface area contributed by atoms with Crippen molar-refractivity contribution in [2.45, 2.75) is 6.42 Å². The summed E-state index contributed by atoms with van der Waals surface area (Å²) in [6.07, 6.45) is 6.15. The molecule has 2 heteroatoms. The van der Waals surface area contributed by atoms with E-state index in [2.05, 4.69) is 17.3 Å². The molecular weight excluding hydrogens is 162 g/mol. The van der Waals surface area contributed by atoms with Crippen molar-refractivity contribution in [2.24, 2.45) is 0 Å². The van der Waals surface area contributed by atoms with Gasteiger partial charge in [0, 0.05) is 12.1 Å². The van der Waals surface area contributed by atoms with Gasteiger partial charge in [0.15, 0.2) is 0 Å². The summed E-state index contributed by atoms with van der Waals surface area (Å²) in [5.41, 5.74) is 2.34. The van der Waals surface area contributed by atoms with Crippen molar-refractivity contribution in [3.63, 3.8) is 0 Å². The van der Waals surface area contributed by atoms with Crippen LogP contribution in [0.15, 0.2) is 18.2 Å². The average molecular weight is 173 g/mol. The molecule has 0 atom stereocenters. The number of anilines is 1. The second-order valence-corrected chi connectivity index (χ2v) is 2.98. The highest BCUT2D eigenvalue weighted by molar-refractivity contribution is 5.52. The fourth-order valence-corrected chi connectivity index (χ4v) is 1.45. The minimum absolute atomic E-state index is 0.569. The summed E-state index contributed by atoms with van der Waals surface area (Å²) in [5, 5.41) is 3.13. The molecule has 0 aliphatic carbocycles. The van der Waals surface area contributed by atoms with Crippen LogP contribution in [0.5, 0.6) is 5.75 Å². The Bertz CT molecular complexity index is 352. The van der Waals surface area contributed by atoms with Gasteiger partial charge in [-0.25, -0.2) is 0 Å². The largest absolute Gasteiger partial charge is 0.493 e. The van der Waals surface area contributed by atoms with E-state index >= 15 is 0 Å². The number of hydrogen-bond acceptors (Lipinski definition) is 2. The van der Waals surface area contributed by atoms with Gasteiger partial charge in [0.25, 0.3) is 0 Å². The maximum Gasteiger partial charge on any atom is 0.122 e. The zero-order valence-electron chi connectivity index (χ0n) is 7.34. The Hall–Kier alpha value is -1.62. The highest BCUT2D eigenvalue weighted by atomic mass is 16.5. The maximum absolute atomic E-state index is 5.39. The van der Waals surface area contributed by atoms with Gasteiger partial charge in [-0.1, -0.05) is 5.92 Å². The summed E-state index contributed by atoms with van der Waals surface area (Å²) in [4.78, 5) is 0. The molecular formula is C11H11NO. The normalized spacial score (nSPS) is 12.8. The molecule has 0 saturated carbocycles. The number of terminal acetylenes is 1. The van der Waals surface area contributed by atoms with Crippen LogP contribution in [0.2, 0.25) is 0 Å². The lowest BCUT2D eigenvalue weighted by Crippen LogP contribution is -1.98. The van der Waals surface area contributed by atoms with Gasteiger partial charge >= 0.3 is 0 Å². The molecule has 1 heterocycles. The molecule has 0 unspecified atom stereocenters. The zero-order chi connectivity index (χ0) is 9.10. The molecule has 0 bridgehead atoms. The van der Waals surface area contributed by atoms with Crippen molar-refractivity contribution in [1.29, 1.82) is 0 Å². The van der Waals surface area contributed by atoms with Crippen molar-refractivity contribution in [1.82, 2.24) is 0 Å². The van der Waals surface area contributed by atoms with E-state index in [4.69, 9.17) is 11.2 Å². The Labute approximate surface area is 77.9 Å². The number of rotatable bonds is 2. The Morgan fingerprint density at radius 3 is 3.31 bits per heavy atom. The molecule has 66 valence electrons. The first-order chi connectivity index (χ1) is 6.40. The van der Waals surface area contributed by atoms with E-state index in [1.165, 1.54) is 5.56 Å². The van der Waals surface area contributed by atoms with Gasteiger partial charge in [-0.15, -0.1) is 6.42 Å². The number of ether oxygens (including phenoxy) is 1. The summed E-state index contributed by atoms with van der Waals surface area (Å²) in [6, 6.07) is 6.07. The molecule has 0 fully saturated rings. The lowest BCUT2D eigenvalue weighted by atomic mass is 10.1. The smallest absolute Gasteiger partial charge is 0.122 e. The molecule has 1 aromatic carbocycles. The summed E-state index contributed by atoms with van der Waals surface area (Å²) >= 11 is 0. The lowest BCUT2D eigenvalue weighted by Gasteiger charge is -2.04. The second kappa shape index (κ2) is 3.40. The molecule has 2 nitrogen and oxygen atoms in total. The SMILES string of the molecule is C#CCNc1ccc2c(c1)CCO2. The second-order valence-electron chi connectivity index (χ2n) is 2.98. The third-order valence-electron chi connectivity index (χ3n) is 2.08. The Morgan fingerprint density at radius 1 is 1.54 bits per heavy atom. The van der Waals surface area contributed by atoms with E-state index in [1.54, 1.807) is 0 Å². The van der Waals surface area contributed by atoms with E-state index in [0.717, 1.165) is 24.5 Å². The highest BCUT2D eigenvalue weighted by Gasteiger charge is 2.11. The van der Waals surface area contributed by atoms with Gasteiger partial charge in [0.05, 0.1) is 13.2 Å². The molecule has 13 heavy (non-hydrogen) atoms. The quantitative estimate of drug-likeness (QED) is 0.687. The van der Waals surface area contributed by atoms with Crippen LogP contribution in [-0.4, -0.2) is 13.2 Å². The van der Waals surface area contributed by atoms with Gasteiger partial charge in [-0.3, -0.25) is 0 Å². The van der Waals surface area contributed by atoms with E-state index in [1.807, 2.05) is 12.1 Å². The fraction of sp³-hybridized carbons (Fsp3) is 0.273. The molecule has 1 N–H and O–H groups in total. The topological polar surface area (TPSA) is 21.3 Å². The van der Waals surface area contributed by atoms with Crippen LogP contribution in [0.3, 0.4) is 0 Å². The maximum atomic E-state index is 5.39. The molecule has 0 saturated heterocycles. The van der Waals surface area contributed by atoms with Crippen molar-refractivity contribution in [2.75, 3.05) is 18.5 Å². The minimum Gasteiger partial charge on any atom is -0.493 e. The van der Waals surface area contributed by atoms with Crippen molar-refractivity contribution in [3.05, 3.63) is 23.8 Å². The average Bonchev–Trinajstić information content (AvgIpc) is 2.61. The molecule has 0 amide bonds. The number of benzene rings is 1. The van der Waals surface area contributed by atoms with E-state index in [-0.39, 0.29) is 0 Å². The number of fused-ring (bicyclic) bond motifs is 1. The van der Waals surface area contributed by atoms with Crippen LogP contribution in [0.1, 0.15) is 5.56 Å². The van der Waals surface area contributed by atoms with Crippen LogP contribution in [0.4, 0.5) is 5.69 Å². The third kappa shape index (κ3) is 1.59. The summed E-state index contributed by atoms with van der Waals surface area (Å²) in [7, 11) is 0. The third-order valence-corrected chi connectivity index (χ3v) is 2.08. The Morgan fingerprint density at radius 2 is 2.46 bits per heavy atom. The zero-order valence-corrected chi connectivity index (χ0v) is 7.34. The fourth-order valence-electron chi connectivity index (χ4n) is 1.45. The van der Waals surface area contributed by atoms with E-state index < -0.39 is 0 Å². The van der Waals surface area contributed by atoms with Gasteiger partial charge in [0.2, 0.25) is 0 Å². The Balaban J connectivity index is 2.17. The van der Waals surface area contributed by atoms with Crippen LogP contribution in [0, 0.1) is 12.3 Å². The van der Waals surface area contributed by atoms with Gasteiger partial charge in [-0.2, -0.15) is 0 Å². The highest BCUT2D eigenvalue weighted by Crippen LogP contribution is 2.27. The van der Waals surface area contributed by atoms with Gasteiger partial charge < -0.3 is 10.1 Å². The minimum atomic E-state index is 0.569. The number of nitrogens with one attached hydrogen (secondary N) is 1. The van der Waals surface area contributed by atoms with Crippen molar-refractivity contribution < 1.29 is 4.74 Å². The summed E-state index contributed by atoms with van der Waals surface area (Å²) in [5.74, 6) is 3.55. The van der Waals surface area contributed by atoms with Crippen LogP contribution in [0.25, 0.3) is 0 Å². The molecule has 2 rings (SSSR count). The molecule has 0 radical (unpaired) electrons. The van der Waals surface area contributed by atoms with E-state index in [9.17, 15) is 0 Å².